The Morgan fingerprint density at radius 2 is 1.04 bits per heavy atom. The van der Waals surface area contributed by atoms with Crippen molar-refractivity contribution in [3.63, 3.8) is 0 Å². The molecule has 6 atom stereocenters. The van der Waals surface area contributed by atoms with Gasteiger partial charge in [0, 0.05) is 38.2 Å². The molecule has 0 aromatic heterocycles. The molecule has 0 radical (unpaired) electrons. The highest BCUT2D eigenvalue weighted by atomic mass is 79.9. The van der Waals surface area contributed by atoms with Gasteiger partial charge in [-0.1, -0.05) is 88.2 Å². The number of nitrogens with zero attached hydrogens (tertiary/aromatic N) is 2. The zero-order valence-electron chi connectivity index (χ0n) is 29.7. The summed E-state index contributed by atoms with van der Waals surface area (Å²) < 4.78 is 0.665. The molecule has 9 rings (SSSR count). The molecule has 6 unspecified atom stereocenters. The molecule has 5 aromatic carbocycles. The van der Waals surface area contributed by atoms with E-state index >= 15 is 0 Å². The topological polar surface area (TPSA) is 129 Å². The molecule has 2 aliphatic carbocycles. The van der Waals surface area contributed by atoms with Crippen LogP contribution >= 0.6 is 15.9 Å². The molecule has 2 aliphatic heterocycles. The highest BCUT2D eigenvalue weighted by Gasteiger charge is 2.62. The molecule has 56 heavy (non-hydrogen) atoms. The molecule has 0 spiro atoms. The Bertz CT molecular complexity index is 2500. The second-order valence-corrected chi connectivity index (χ2v) is 15.7. The molecular formula is C46H33BrN2O7. The lowest BCUT2D eigenvalue weighted by atomic mass is 9.57. The third-order valence-corrected chi connectivity index (χ3v) is 12.3. The molecule has 3 fully saturated rings. The van der Waals surface area contributed by atoms with Crippen LogP contribution in [0, 0.1) is 29.6 Å². The summed E-state index contributed by atoms with van der Waals surface area (Å²) in [7, 11) is 0. The predicted octanol–water partition coefficient (Wildman–Crippen LogP) is 7.66. The molecule has 1 saturated carbocycles. The zero-order valence-corrected chi connectivity index (χ0v) is 31.3. The second kappa shape index (κ2) is 13.8. The number of carbonyl (C=O) groups is 6. The third-order valence-electron chi connectivity index (χ3n) is 11.8. The molecule has 2 saturated heterocycles. The van der Waals surface area contributed by atoms with Crippen LogP contribution in [-0.2, 0) is 19.2 Å². The van der Waals surface area contributed by atoms with Gasteiger partial charge in [0.1, 0.15) is 5.75 Å². The summed E-state index contributed by atoms with van der Waals surface area (Å²) in [5, 5.41) is 11.3. The first kappa shape index (κ1) is 35.4. The minimum atomic E-state index is -0.884. The van der Waals surface area contributed by atoms with Crippen LogP contribution in [0.25, 0.3) is 0 Å². The van der Waals surface area contributed by atoms with Crippen molar-refractivity contribution < 1.29 is 33.9 Å². The normalized spacial score (nSPS) is 24.1. The monoisotopic (exact) mass is 804 g/mol. The lowest BCUT2D eigenvalue weighted by molar-refractivity contribution is -0.126. The van der Waals surface area contributed by atoms with Crippen LogP contribution < -0.4 is 9.80 Å². The van der Waals surface area contributed by atoms with E-state index in [4.69, 9.17) is 0 Å². The van der Waals surface area contributed by atoms with Gasteiger partial charge < -0.3 is 5.11 Å². The van der Waals surface area contributed by atoms with E-state index in [-0.39, 0.29) is 36.1 Å². The molecule has 276 valence electrons. The predicted molar refractivity (Wildman–Crippen MR) is 211 cm³/mol. The maximum atomic E-state index is 14.6. The molecule has 9 nitrogen and oxygen atoms in total. The second-order valence-electron chi connectivity index (χ2n) is 14.7. The molecule has 0 bridgehead atoms. The summed E-state index contributed by atoms with van der Waals surface area (Å²) in [4.78, 5) is 86.1. The quantitative estimate of drug-likeness (QED) is 0.102. The number of phenols is 1. The Kier molecular flexibility index (Phi) is 8.73. The number of amides is 4. The van der Waals surface area contributed by atoms with Crippen molar-refractivity contribution in [2.75, 3.05) is 9.80 Å². The third kappa shape index (κ3) is 5.66. The Labute approximate surface area is 330 Å². The fourth-order valence-corrected chi connectivity index (χ4v) is 9.64. The SMILES string of the molecule is O=C(c1ccccc1)c1ccc(N2C(=O)C3CC=C4C(CC5C(=O)N(c6ccc(C(=O)c7ccccc7)cc6)C(=O)C5C4c4cc(Br)ccc4O)C3C2=O)cc1. The van der Waals surface area contributed by atoms with Crippen molar-refractivity contribution in [3.05, 3.63) is 171 Å². The highest BCUT2D eigenvalue weighted by molar-refractivity contribution is 9.10. The van der Waals surface area contributed by atoms with Gasteiger partial charge in [-0.05, 0) is 85.5 Å². The number of carbonyl (C=O) groups excluding carboxylic acids is 6. The Morgan fingerprint density at radius 1 is 0.554 bits per heavy atom. The van der Waals surface area contributed by atoms with Crippen molar-refractivity contribution in [1.82, 2.24) is 0 Å². The van der Waals surface area contributed by atoms with E-state index in [1.165, 1.54) is 11.0 Å². The molecule has 1 N–H and O–H groups in total. The van der Waals surface area contributed by atoms with E-state index in [0.717, 1.165) is 10.5 Å². The first-order chi connectivity index (χ1) is 27.1. The van der Waals surface area contributed by atoms with E-state index in [1.807, 2.05) is 18.2 Å². The highest BCUT2D eigenvalue weighted by Crippen LogP contribution is 2.59. The average molecular weight is 806 g/mol. The first-order valence-corrected chi connectivity index (χ1v) is 19.2. The lowest BCUT2D eigenvalue weighted by Gasteiger charge is -2.44. The van der Waals surface area contributed by atoms with E-state index in [1.54, 1.807) is 109 Å². The van der Waals surface area contributed by atoms with E-state index in [2.05, 4.69) is 15.9 Å². The molecule has 2 heterocycles. The summed E-state index contributed by atoms with van der Waals surface area (Å²) in [5.41, 5.74) is 3.72. The van der Waals surface area contributed by atoms with E-state index in [9.17, 15) is 33.9 Å². The van der Waals surface area contributed by atoms with E-state index in [0.29, 0.717) is 43.7 Å². The number of allylic oxidation sites excluding steroid dienone is 2. The lowest BCUT2D eigenvalue weighted by Crippen LogP contribution is -2.43. The van der Waals surface area contributed by atoms with Crippen LogP contribution in [-0.4, -0.2) is 40.3 Å². The summed E-state index contributed by atoms with van der Waals surface area (Å²) in [6, 6.07) is 35.4. The Hall–Kier alpha value is -6.26. The van der Waals surface area contributed by atoms with Crippen molar-refractivity contribution >= 4 is 62.5 Å². The first-order valence-electron chi connectivity index (χ1n) is 18.5. The van der Waals surface area contributed by atoms with Crippen LogP contribution in [0.4, 0.5) is 11.4 Å². The molecule has 5 aromatic rings. The number of ketones is 2. The maximum absolute atomic E-state index is 14.6. The zero-order chi connectivity index (χ0) is 38.8. The number of imide groups is 2. The van der Waals surface area contributed by atoms with Gasteiger partial charge in [-0.2, -0.15) is 0 Å². The van der Waals surface area contributed by atoms with Crippen LogP contribution in [0.1, 0.15) is 56.2 Å². The number of rotatable bonds is 7. The van der Waals surface area contributed by atoms with Crippen molar-refractivity contribution in [2.24, 2.45) is 29.6 Å². The van der Waals surface area contributed by atoms with Gasteiger partial charge in [-0.3, -0.25) is 38.6 Å². The van der Waals surface area contributed by atoms with Crippen molar-refractivity contribution in [2.45, 2.75) is 18.8 Å². The van der Waals surface area contributed by atoms with Gasteiger partial charge >= 0.3 is 0 Å². The Balaban J connectivity index is 1.05. The minimum Gasteiger partial charge on any atom is -0.508 e. The number of aromatic hydroxyl groups is 1. The van der Waals surface area contributed by atoms with Gasteiger partial charge in [0.2, 0.25) is 23.6 Å². The Morgan fingerprint density at radius 3 is 1.57 bits per heavy atom. The van der Waals surface area contributed by atoms with Crippen molar-refractivity contribution in [3.8, 4) is 5.75 Å². The number of anilines is 2. The molecule has 4 aliphatic rings. The van der Waals surface area contributed by atoms with Gasteiger partial charge in [-0.25, -0.2) is 0 Å². The van der Waals surface area contributed by atoms with E-state index < -0.39 is 53.2 Å². The molecule has 10 heteroatoms. The summed E-state index contributed by atoms with van der Waals surface area (Å²) in [6.07, 6.45) is 2.33. The number of hydrogen-bond donors (Lipinski definition) is 1. The number of benzene rings is 5. The standard InChI is InChI=1S/C46H33BrN2O7/c47-29-15-22-37(50)35(23-29)38-32-20-21-33-39(45(55)48(43(33)53)30-16-11-27(12-17-30)41(51)25-7-3-1-4-8-25)34(32)24-36-40(38)46(56)49(44(36)54)31-18-13-28(14-19-31)42(52)26-9-5-2-6-10-26/h1-20,22-23,33-34,36,38-40,50H,21,24H2. The minimum absolute atomic E-state index is 0.0521. The summed E-state index contributed by atoms with van der Waals surface area (Å²) in [5.74, 6) is -6.60. The number of halogens is 1. The smallest absolute Gasteiger partial charge is 0.238 e. The fraction of sp³-hybridized carbons (Fsp3) is 0.174. The average Bonchev–Trinajstić information content (AvgIpc) is 3.64. The number of phenolic OH excluding ortho intramolecular Hbond substituents is 1. The largest absolute Gasteiger partial charge is 0.508 e. The van der Waals surface area contributed by atoms with Crippen molar-refractivity contribution in [1.29, 1.82) is 0 Å². The molecule has 4 amide bonds. The van der Waals surface area contributed by atoms with Crippen LogP contribution in [0.2, 0.25) is 0 Å². The van der Waals surface area contributed by atoms with Crippen LogP contribution in [0.15, 0.2) is 144 Å². The van der Waals surface area contributed by atoms with Gasteiger partial charge in [0.15, 0.2) is 11.6 Å². The maximum Gasteiger partial charge on any atom is 0.238 e. The van der Waals surface area contributed by atoms with Gasteiger partial charge in [0.05, 0.1) is 35.0 Å². The van der Waals surface area contributed by atoms with Gasteiger partial charge in [0.25, 0.3) is 0 Å². The number of hydrogen-bond acceptors (Lipinski definition) is 7. The number of fused-ring (bicyclic) bond motifs is 4. The van der Waals surface area contributed by atoms with Gasteiger partial charge in [-0.15, -0.1) is 0 Å². The summed E-state index contributed by atoms with van der Waals surface area (Å²) in [6.45, 7) is 0. The summed E-state index contributed by atoms with van der Waals surface area (Å²) >= 11 is 3.51. The molecular weight excluding hydrogens is 772 g/mol. The fourth-order valence-electron chi connectivity index (χ4n) is 9.26. The van der Waals surface area contributed by atoms with Crippen LogP contribution in [0.3, 0.4) is 0 Å². The van der Waals surface area contributed by atoms with Crippen LogP contribution in [0.5, 0.6) is 5.75 Å².